The van der Waals surface area contributed by atoms with Gasteiger partial charge in [-0.3, -0.25) is 0 Å². The molecule has 0 fully saturated rings. The SMILES string of the molecule is CNC(c1cccc(F)c1Br)c1nccn1C. The monoisotopic (exact) mass is 297 g/mol. The van der Waals surface area contributed by atoms with Crippen molar-refractivity contribution in [2.45, 2.75) is 6.04 Å². The highest BCUT2D eigenvalue weighted by Crippen LogP contribution is 2.29. The van der Waals surface area contributed by atoms with Crippen LogP contribution in [0.2, 0.25) is 0 Å². The molecule has 0 saturated carbocycles. The van der Waals surface area contributed by atoms with Crippen LogP contribution in [-0.2, 0) is 7.05 Å². The van der Waals surface area contributed by atoms with E-state index in [9.17, 15) is 4.39 Å². The molecule has 5 heteroatoms. The first-order valence-electron chi connectivity index (χ1n) is 5.23. The molecule has 1 heterocycles. The number of rotatable bonds is 3. The van der Waals surface area contributed by atoms with Gasteiger partial charge in [0.2, 0.25) is 0 Å². The molecular formula is C12H13BrFN3. The summed E-state index contributed by atoms with van der Waals surface area (Å²) >= 11 is 3.28. The zero-order chi connectivity index (χ0) is 12.4. The van der Waals surface area contributed by atoms with Gasteiger partial charge >= 0.3 is 0 Å². The predicted octanol–water partition coefficient (Wildman–Crippen LogP) is 2.63. The second-order valence-corrected chi connectivity index (χ2v) is 4.55. The Morgan fingerprint density at radius 1 is 1.47 bits per heavy atom. The van der Waals surface area contributed by atoms with Gasteiger partial charge in [0.25, 0.3) is 0 Å². The van der Waals surface area contributed by atoms with Crippen LogP contribution in [0.1, 0.15) is 17.4 Å². The van der Waals surface area contributed by atoms with Crippen LogP contribution in [0.3, 0.4) is 0 Å². The number of imidazole rings is 1. The average molecular weight is 298 g/mol. The fourth-order valence-electron chi connectivity index (χ4n) is 1.82. The van der Waals surface area contributed by atoms with Gasteiger partial charge in [0.15, 0.2) is 0 Å². The van der Waals surface area contributed by atoms with E-state index < -0.39 is 0 Å². The van der Waals surface area contributed by atoms with Crippen molar-refractivity contribution in [3.05, 3.63) is 52.3 Å². The summed E-state index contributed by atoms with van der Waals surface area (Å²) in [6.45, 7) is 0. The van der Waals surface area contributed by atoms with Crippen LogP contribution in [-0.4, -0.2) is 16.6 Å². The van der Waals surface area contributed by atoms with Gasteiger partial charge in [0.05, 0.1) is 10.5 Å². The maximum atomic E-state index is 13.5. The van der Waals surface area contributed by atoms with E-state index in [0.717, 1.165) is 11.4 Å². The molecule has 17 heavy (non-hydrogen) atoms. The van der Waals surface area contributed by atoms with E-state index in [-0.39, 0.29) is 11.9 Å². The van der Waals surface area contributed by atoms with Crippen molar-refractivity contribution in [3.63, 3.8) is 0 Å². The fourth-order valence-corrected chi connectivity index (χ4v) is 2.32. The van der Waals surface area contributed by atoms with Crippen LogP contribution >= 0.6 is 15.9 Å². The van der Waals surface area contributed by atoms with Crippen molar-refractivity contribution in [2.24, 2.45) is 7.05 Å². The van der Waals surface area contributed by atoms with Gasteiger partial charge in [-0.25, -0.2) is 9.37 Å². The maximum absolute atomic E-state index is 13.5. The summed E-state index contributed by atoms with van der Waals surface area (Å²) < 4.78 is 15.9. The van der Waals surface area contributed by atoms with Gasteiger partial charge in [-0.1, -0.05) is 12.1 Å². The highest BCUT2D eigenvalue weighted by Gasteiger charge is 2.20. The van der Waals surface area contributed by atoms with E-state index in [1.54, 1.807) is 12.3 Å². The van der Waals surface area contributed by atoms with Crippen molar-refractivity contribution >= 4 is 15.9 Å². The van der Waals surface area contributed by atoms with Gasteiger partial charge < -0.3 is 9.88 Å². The molecule has 1 aromatic carbocycles. The van der Waals surface area contributed by atoms with E-state index in [0.29, 0.717) is 4.47 Å². The van der Waals surface area contributed by atoms with E-state index in [1.807, 2.05) is 30.9 Å². The van der Waals surface area contributed by atoms with E-state index >= 15 is 0 Å². The summed E-state index contributed by atoms with van der Waals surface area (Å²) in [5, 5.41) is 3.15. The number of hydrogen-bond acceptors (Lipinski definition) is 2. The Balaban J connectivity index is 2.50. The summed E-state index contributed by atoms with van der Waals surface area (Å²) in [6, 6.07) is 4.87. The summed E-state index contributed by atoms with van der Waals surface area (Å²) in [7, 11) is 3.75. The predicted molar refractivity (Wildman–Crippen MR) is 68.2 cm³/mol. The lowest BCUT2D eigenvalue weighted by Crippen LogP contribution is -2.21. The second kappa shape index (κ2) is 4.98. The van der Waals surface area contributed by atoms with Gasteiger partial charge in [-0.2, -0.15) is 0 Å². The maximum Gasteiger partial charge on any atom is 0.137 e. The number of halogens is 2. The third-order valence-electron chi connectivity index (χ3n) is 2.70. The fraction of sp³-hybridized carbons (Fsp3) is 0.250. The van der Waals surface area contributed by atoms with Crippen LogP contribution in [0.5, 0.6) is 0 Å². The van der Waals surface area contributed by atoms with Crippen LogP contribution < -0.4 is 5.32 Å². The third-order valence-corrected chi connectivity index (χ3v) is 3.53. The lowest BCUT2D eigenvalue weighted by atomic mass is 10.1. The van der Waals surface area contributed by atoms with Crippen molar-refractivity contribution in [2.75, 3.05) is 7.05 Å². The zero-order valence-electron chi connectivity index (χ0n) is 9.61. The largest absolute Gasteiger partial charge is 0.336 e. The topological polar surface area (TPSA) is 29.9 Å². The van der Waals surface area contributed by atoms with Crippen LogP contribution in [0.4, 0.5) is 4.39 Å². The molecule has 1 N–H and O–H groups in total. The minimum absolute atomic E-state index is 0.139. The number of nitrogens with one attached hydrogen (secondary N) is 1. The first kappa shape index (κ1) is 12.3. The van der Waals surface area contributed by atoms with Crippen molar-refractivity contribution in [1.29, 1.82) is 0 Å². The Hall–Kier alpha value is -1.20. The summed E-state index contributed by atoms with van der Waals surface area (Å²) in [5.41, 5.74) is 0.835. The Labute approximate surface area is 108 Å². The molecule has 0 amide bonds. The summed E-state index contributed by atoms with van der Waals surface area (Å²) in [5.74, 6) is 0.579. The third kappa shape index (κ3) is 2.25. The Bertz CT molecular complexity index is 524. The molecule has 90 valence electrons. The molecule has 1 atom stereocenters. The molecule has 3 nitrogen and oxygen atoms in total. The molecule has 0 spiro atoms. The molecule has 0 aliphatic heterocycles. The van der Waals surface area contributed by atoms with Crippen molar-refractivity contribution in [1.82, 2.24) is 14.9 Å². The number of aromatic nitrogens is 2. The van der Waals surface area contributed by atoms with Crippen molar-refractivity contribution < 1.29 is 4.39 Å². The van der Waals surface area contributed by atoms with E-state index in [4.69, 9.17) is 0 Å². The quantitative estimate of drug-likeness (QED) is 0.944. The first-order valence-corrected chi connectivity index (χ1v) is 6.03. The molecule has 2 aromatic rings. The highest BCUT2D eigenvalue weighted by atomic mass is 79.9. The number of nitrogens with zero attached hydrogens (tertiary/aromatic N) is 2. The van der Waals surface area contributed by atoms with Gasteiger partial charge in [0.1, 0.15) is 11.6 Å². The Morgan fingerprint density at radius 3 is 2.82 bits per heavy atom. The second-order valence-electron chi connectivity index (χ2n) is 3.76. The highest BCUT2D eigenvalue weighted by molar-refractivity contribution is 9.10. The summed E-state index contributed by atoms with van der Waals surface area (Å²) in [4.78, 5) is 4.29. The standard InChI is InChI=1S/C12H13BrFN3/c1-15-11(12-16-6-7-17(12)2)8-4-3-5-9(14)10(8)13/h3-7,11,15H,1-2H3. The van der Waals surface area contributed by atoms with Crippen LogP contribution in [0.15, 0.2) is 35.1 Å². The molecule has 0 bridgehead atoms. The van der Waals surface area contributed by atoms with Crippen molar-refractivity contribution in [3.8, 4) is 0 Å². The molecule has 0 radical (unpaired) electrons. The number of benzene rings is 1. The minimum Gasteiger partial charge on any atom is -0.336 e. The van der Waals surface area contributed by atoms with Gasteiger partial charge in [-0.05, 0) is 34.6 Å². The molecule has 1 aromatic heterocycles. The smallest absolute Gasteiger partial charge is 0.137 e. The molecule has 2 rings (SSSR count). The number of aryl methyl sites for hydroxylation is 1. The molecular weight excluding hydrogens is 285 g/mol. The lowest BCUT2D eigenvalue weighted by Gasteiger charge is -2.18. The van der Waals surface area contributed by atoms with Gasteiger partial charge in [-0.15, -0.1) is 0 Å². The van der Waals surface area contributed by atoms with E-state index in [2.05, 4.69) is 26.2 Å². The minimum atomic E-state index is -0.267. The van der Waals surface area contributed by atoms with Crippen LogP contribution in [0, 0.1) is 5.82 Å². The molecule has 0 aliphatic rings. The van der Waals surface area contributed by atoms with Gasteiger partial charge in [0, 0.05) is 19.4 Å². The molecule has 0 saturated heterocycles. The first-order chi connectivity index (χ1) is 8.15. The zero-order valence-corrected chi connectivity index (χ0v) is 11.2. The average Bonchev–Trinajstić information content (AvgIpc) is 2.72. The summed E-state index contributed by atoms with van der Waals surface area (Å²) in [6.07, 6.45) is 3.60. The Morgan fingerprint density at radius 2 is 2.24 bits per heavy atom. The number of hydrogen-bond donors (Lipinski definition) is 1. The lowest BCUT2D eigenvalue weighted by molar-refractivity contribution is 0.589. The Kier molecular flexibility index (Phi) is 3.59. The molecule has 0 aliphatic carbocycles. The normalized spacial score (nSPS) is 12.7. The van der Waals surface area contributed by atoms with Crippen LogP contribution in [0.25, 0.3) is 0 Å². The van der Waals surface area contributed by atoms with E-state index in [1.165, 1.54) is 6.07 Å². The molecule has 1 unspecified atom stereocenters.